The number of non-ortho nitro benzene ring substituents is 1. The molecule has 0 amide bonds. The van der Waals surface area contributed by atoms with Crippen LogP contribution in [-0.2, 0) is 6.54 Å². The van der Waals surface area contributed by atoms with Crippen LogP contribution in [0.4, 0.5) is 11.4 Å². The van der Waals surface area contributed by atoms with E-state index < -0.39 is 4.92 Å². The number of nitro benzene ring substituents is 1. The van der Waals surface area contributed by atoms with Crippen LogP contribution in [0, 0.1) is 10.1 Å². The van der Waals surface area contributed by atoms with Crippen LogP contribution in [0.3, 0.4) is 0 Å². The molecule has 0 radical (unpaired) electrons. The molecule has 1 N–H and O–H groups in total. The second-order valence-electron chi connectivity index (χ2n) is 4.07. The molecule has 1 heterocycles. The van der Waals surface area contributed by atoms with E-state index in [1.807, 2.05) is 6.07 Å². The zero-order chi connectivity index (χ0) is 15.4. The summed E-state index contributed by atoms with van der Waals surface area (Å²) >= 11 is 12.0. The second kappa shape index (κ2) is 6.60. The highest BCUT2D eigenvalue weighted by Crippen LogP contribution is 2.35. The lowest BCUT2D eigenvalue weighted by Gasteiger charge is -2.12. The van der Waals surface area contributed by atoms with Crippen LogP contribution >= 0.6 is 23.2 Å². The Morgan fingerprint density at radius 3 is 2.62 bits per heavy atom. The third-order valence-electron chi connectivity index (χ3n) is 2.74. The summed E-state index contributed by atoms with van der Waals surface area (Å²) in [5.41, 5.74) is 1.08. The van der Waals surface area contributed by atoms with Crippen LogP contribution in [0.25, 0.3) is 0 Å². The number of ether oxygens (including phenoxy) is 1. The average molecular weight is 328 g/mol. The molecule has 0 saturated carbocycles. The summed E-state index contributed by atoms with van der Waals surface area (Å²) < 4.78 is 5.14. The van der Waals surface area contributed by atoms with Crippen molar-refractivity contribution >= 4 is 34.6 Å². The molecule has 0 saturated heterocycles. The first-order valence-corrected chi connectivity index (χ1v) is 6.63. The van der Waals surface area contributed by atoms with Gasteiger partial charge in [0.25, 0.3) is 5.69 Å². The van der Waals surface area contributed by atoms with Crippen molar-refractivity contribution in [3.05, 3.63) is 56.2 Å². The summed E-state index contributed by atoms with van der Waals surface area (Å²) in [5.74, 6) is 0.485. The number of nitrogens with one attached hydrogen (secondary N) is 1. The maximum atomic E-state index is 10.7. The number of anilines is 1. The van der Waals surface area contributed by atoms with Crippen LogP contribution in [0.5, 0.6) is 5.88 Å². The van der Waals surface area contributed by atoms with Crippen molar-refractivity contribution in [2.75, 3.05) is 12.4 Å². The van der Waals surface area contributed by atoms with Crippen molar-refractivity contribution in [1.29, 1.82) is 0 Å². The van der Waals surface area contributed by atoms with Gasteiger partial charge in [-0.2, -0.15) is 0 Å². The van der Waals surface area contributed by atoms with Gasteiger partial charge < -0.3 is 10.1 Å². The highest BCUT2D eigenvalue weighted by Gasteiger charge is 2.15. The van der Waals surface area contributed by atoms with E-state index in [4.69, 9.17) is 27.9 Å². The molecule has 0 aliphatic heterocycles. The van der Waals surface area contributed by atoms with E-state index in [1.165, 1.54) is 19.2 Å². The zero-order valence-corrected chi connectivity index (χ0v) is 12.5. The van der Waals surface area contributed by atoms with Gasteiger partial charge >= 0.3 is 0 Å². The summed E-state index contributed by atoms with van der Waals surface area (Å²) in [7, 11) is 1.53. The highest BCUT2D eigenvalue weighted by molar-refractivity contribution is 6.39. The topological polar surface area (TPSA) is 77.3 Å². The molecular weight excluding hydrogens is 317 g/mol. The molecule has 2 aromatic rings. The molecule has 0 aliphatic carbocycles. The molecule has 0 atom stereocenters. The van der Waals surface area contributed by atoms with Crippen molar-refractivity contribution in [2.45, 2.75) is 6.54 Å². The lowest BCUT2D eigenvalue weighted by Crippen LogP contribution is -2.04. The van der Waals surface area contributed by atoms with Gasteiger partial charge in [-0.15, -0.1) is 0 Å². The number of benzene rings is 1. The van der Waals surface area contributed by atoms with Crippen LogP contribution < -0.4 is 10.1 Å². The quantitative estimate of drug-likeness (QED) is 0.665. The Kier molecular flexibility index (Phi) is 4.82. The molecule has 2 rings (SSSR count). The number of pyridine rings is 1. The van der Waals surface area contributed by atoms with Gasteiger partial charge in [-0.1, -0.05) is 29.3 Å². The molecule has 0 fully saturated rings. The van der Waals surface area contributed by atoms with E-state index in [1.54, 1.807) is 12.3 Å². The molecule has 0 unspecified atom stereocenters. The van der Waals surface area contributed by atoms with Gasteiger partial charge in [0, 0.05) is 30.4 Å². The first-order chi connectivity index (χ1) is 10.0. The smallest absolute Gasteiger partial charge is 0.272 e. The number of halogens is 2. The SMILES string of the molecule is COc1ncccc1CNc1c(Cl)cc([N+](=O)[O-])cc1Cl. The van der Waals surface area contributed by atoms with Crippen molar-refractivity contribution in [3.63, 3.8) is 0 Å². The van der Waals surface area contributed by atoms with E-state index in [9.17, 15) is 10.1 Å². The summed E-state index contributed by atoms with van der Waals surface area (Å²) in [6.07, 6.45) is 1.62. The van der Waals surface area contributed by atoms with E-state index in [2.05, 4.69) is 10.3 Å². The van der Waals surface area contributed by atoms with E-state index in [0.29, 0.717) is 18.1 Å². The lowest BCUT2D eigenvalue weighted by atomic mass is 10.2. The predicted molar refractivity (Wildman–Crippen MR) is 81.2 cm³/mol. The number of rotatable bonds is 5. The fourth-order valence-electron chi connectivity index (χ4n) is 1.76. The number of nitro groups is 1. The molecule has 8 heteroatoms. The number of nitrogens with zero attached hydrogens (tertiary/aromatic N) is 2. The van der Waals surface area contributed by atoms with Gasteiger partial charge in [-0.25, -0.2) is 4.98 Å². The van der Waals surface area contributed by atoms with Crippen molar-refractivity contribution < 1.29 is 9.66 Å². The molecule has 1 aromatic heterocycles. The van der Waals surface area contributed by atoms with Gasteiger partial charge in [0.15, 0.2) is 0 Å². The fraction of sp³-hybridized carbons (Fsp3) is 0.154. The minimum absolute atomic E-state index is 0.158. The lowest BCUT2D eigenvalue weighted by molar-refractivity contribution is -0.384. The van der Waals surface area contributed by atoms with Crippen LogP contribution in [0.1, 0.15) is 5.56 Å². The number of hydrogen-bond donors (Lipinski definition) is 1. The normalized spacial score (nSPS) is 10.2. The average Bonchev–Trinajstić information content (AvgIpc) is 2.46. The number of hydrogen-bond acceptors (Lipinski definition) is 5. The van der Waals surface area contributed by atoms with Gasteiger partial charge in [0.05, 0.1) is 27.8 Å². The minimum Gasteiger partial charge on any atom is -0.481 e. The molecule has 1 aromatic carbocycles. The highest BCUT2D eigenvalue weighted by atomic mass is 35.5. The molecule has 0 aliphatic rings. The summed E-state index contributed by atoms with van der Waals surface area (Å²) in [6.45, 7) is 0.369. The van der Waals surface area contributed by atoms with Gasteiger partial charge in [-0.05, 0) is 6.07 Å². The predicted octanol–water partition coefficient (Wildman–Crippen LogP) is 3.92. The number of aromatic nitrogens is 1. The first-order valence-electron chi connectivity index (χ1n) is 5.88. The third-order valence-corrected chi connectivity index (χ3v) is 3.33. The Balaban J connectivity index is 2.22. The maximum Gasteiger partial charge on any atom is 0.272 e. The van der Waals surface area contributed by atoms with E-state index >= 15 is 0 Å². The summed E-state index contributed by atoms with van der Waals surface area (Å²) in [6, 6.07) is 6.11. The maximum absolute atomic E-state index is 10.7. The first kappa shape index (κ1) is 15.3. The summed E-state index contributed by atoms with van der Waals surface area (Å²) in [5, 5.41) is 14.1. The van der Waals surface area contributed by atoms with Gasteiger partial charge in [-0.3, -0.25) is 10.1 Å². The fourth-order valence-corrected chi connectivity index (χ4v) is 2.37. The molecule has 110 valence electrons. The largest absolute Gasteiger partial charge is 0.481 e. The molecule has 21 heavy (non-hydrogen) atoms. The Morgan fingerprint density at radius 2 is 2.05 bits per heavy atom. The van der Waals surface area contributed by atoms with E-state index in [0.717, 1.165) is 5.56 Å². The Morgan fingerprint density at radius 1 is 1.38 bits per heavy atom. The molecule has 6 nitrogen and oxygen atoms in total. The van der Waals surface area contributed by atoms with Crippen LogP contribution in [0.15, 0.2) is 30.5 Å². The van der Waals surface area contributed by atoms with Crippen molar-refractivity contribution in [2.24, 2.45) is 0 Å². The van der Waals surface area contributed by atoms with Crippen LogP contribution in [0.2, 0.25) is 10.0 Å². The summed E-state index contributed by atoms with van der Waals surface area (Å²) in [4.78, 5) is 14.2. The number of methoxy groups -OCH3 is 1. The Labute approximate surface area is 130 Å². The molecule has 0 bridgehead atoms. The Hall–Kier alpha value is -2.05. The standard InChI is InChI=1S/C13H11Cl2N3O3/c1-21-13-8(3-2-4-16-13)7-17-12-10(14)5-9(18(19)20)6-11(12)15/h2-6,17H,7H2,1H3. The second-order valence-corrected chi connectivity index (χ2v) is 4.88. The van der Waals surface area contributed by atoms with Gasteiger partial charge in [0.2, 0.25) is 5.88 Å². The monoisotopic (exact) mass is 327 g/mol. The van der Waals surface area contributed by atoms with E-state index in [-0.39, 0.29) is 15.7 Å². The van der Waals surface area contributed by atoms with Crippen molar-refractivity contribution in [3.8, 4) is 5.88 Å². The molecule has 0 spiro atoms. The Bertz CT molecular complexity index is 656. The van der Waals surface area contributed by atoms with Gasteiger partial charge in [0.1, 0.15) is 0 Å². The third kappa shape index (κ3) is 3.53. The van der Waals surface area contributed by atoms with Crippen molar-refractivity contribution in [1.82, 2.24) is 4.98 Å². The van der Waals surface area contributed by atoms with Crippen LogP contribution in [-0.4, -0.2) is 17.0 Å². The zero-order valence-electron chi connectivity index (χ0n) is 11.0. The molecular formula is C13H11Cl2N3O3. The minimum atomic E-state index is -0.550.